The molecule has 0 radical (unpaired) electrons. The Bertz CT molecular complexity index is 312. The lowest BCUT2D eigenvalue weighted by molar-refractivity contribution is -0.118. The molecule has 1 heterocycles. The van der Waals surface area contributed by atoms with Crippen LogP contribution in [0.5, 0.6) is 0 Å². The molecule has 0 saturated carbocycles. The number of thioether (sulfide) groups is 1. The largest absolute Gasteiger partial charge is 0.512 e. The second kappa shape index (κ2) is 3.85. The molecule has 1 aliphatic carbocycles. The van der Waals surface area contributed by atoms with E-state index in [9.17, 15) is 9.90 Å². The lowest BCUT2D eigenvalue weighted by atomic mass is 9.75. The van der Waals surface area contributed by atoms with Gasteiger partial charge in [0.25, 0.3) is 0 Å². The molecule has 2 rings (SSSR count). The second-order valence-corrected chi connectivity index (χ2v) is 6.61. The maximum atomic E-state index is 12.0. The summed E-state index contributed by atoms with van der Waals surface area (Å²) in [4.78, 5) is 12.0. The first-order valence-corrected chi connectivity index (χ1v) is 6.61. The molecule has 0 spiro atoms. The molecular weight excluding hydrogens is 208 g/mol. The Morgan fingerprint density at radius 3 is 2.67 bits per heavy atom. The Morgan fingerprint density at radius 1 is 1.40 bits per heavy atom. The van der Waals surface area contributed by atoms with Crippen LogP contribution in [0.4, 0.5) is 0 Å². The number of aliphatic hydroxyl groups excluding tert-OH is 1. The lowest BCUT2D eigenvalue weighted by Crippen LogP contribution is -2.29. The van der Waals surface area contributed by atoms with Crippen LogP contribution in [0.2, 0.25) is 0 Å². The predicted molar refractivity (Wildman–Crippen MR) is 63.2 cm³/mol. The van der Waals surface area contributed by atoms with Gasteiger partial charge in [0.05, 0.1) is 0 Å². The molecule has 0 amide bonds. The van der Waals surface area contributed by atoms with Gasteiger partial charge in [-0.3, -0.25) is 4.79 Å². The minimum absolute atomic E-state index is 0.0616. The summed E-state index contributed by atoms with van der Waals surface area (Å²) in [5.74, 6) is 1.65. The number of carbonyl (C=O) groups is 1. The number of rotatable bonds is 1. The molecule has 2 aliphatic rings. The summed E-state index contributed by atoms with van der Waals surface area (Å²) in [7, 11) is 0. The zero-order valence-electron chi connectivity index (χ0n) is 9.38. The van der Waals surface area contributed by atoms with E-state index < -0.39 is 0 Å². The van der Waals surface area contributed by atoms with Crippen LogP contribution in [0.3, 0.4) is 0 Å². The van der Waals surface area contributed by atoms with Crippen molar-refractivity contribution in [3.8, 4) is 0 Å². The molecule has 84 valence electrons. The highest BCUT2D eigenvalue weighted by atomic mass is 32.2. The summed E-state index contributed by atoms with van der Waals surface area (Å²) in [6.45, 7) is 4.08. The molecule has 1 fully saturated rings. The Hall–Kier alpha value is -0.440. The maximum Gasteiger partial charge on any atom is 0.163 e. The van der Waals surface area contributed by atoms with E-state index >= 15 is 0 Å². The van der Waals surface area contributed by atoms with Crippen LogP contribution >= 0.6 is 11.8 Å². The molecule has 1 aliphatic heterocycles. The predicted octanol–water partition coefficient (Wildman–Crippen LogP) is 3.08. The minimum Gasteiger partial charge on any atom is -0.512 e. The molecule has 1 atom stereocenters. The molecule has 1 saturated heterocycles. The normalized spacial score (nSPS) is 31.1. The van der Waals surface area contributed by atoms with E-state index in [1.54, 1.807) is 0 Å². The highest BCUT2D eigenvalue weighted by molar-refractivity contribution is 8.00. The number of hydrogen-bond acceptors (Lipinski definition) is 3. The van der Waals surface area contributed by atoms with E-state index in [1.165, 1.54) is 6.42 Å². The van der Waals surface area contributed by atoms with Crippen molar-refractivity contribution < 1.29 is 9.90 Å². The van der Waals surface area contributed by atoms with Crippen molar-refractivity contribution in [1.82, 2.24) is 0 Å². The van der Waals surface area contributed by atoms with Crippen LogP contribution < -0.4 is 0 Å². The fourth-order valence-corrected chi connectivity index (χ4v) is 3.86. The van der Waals surface area contributed by atoms with Crippen LogP contribution in [-0.4, -0.2) is 21.9 Å². The highest BCUT2D eigenvalue weighted by Crippen LogP contribution is 2.42. The van der Waals surface area contributed by atoms with Gasteiger partial charge in [0.1, 0.15) is 5.76 Å². The Kier molecular flexibility index (Phi) is 2.84. The quantitative estimate of drug-likeness (QED) is 0.746. The summed E-state index contributed by atoms with van der Waals surface area (Å²) >= 11 is 1.82. The van der Waals surface area contributed by atoms with Crippen LogP contribution in [0, 0.1) is 5.41 Å². The van der Waals surface area contributed by atoms with E-state index in [0.717, 1.165) is 17.7 Å². The van der Waals surface area contributed by atoms with Crippen molar-refractivity contribution in [3.05, 3.63) is 11.3 Å². The van der Waals surface area contributed by atoms with Gasteiger partial charge in [-0.05, 0) is 24.0 Å². The number of ketones is 1. The first-order chi connectivity index (χ1) is 6.99. The highest BCUT2D eigenvalue weighted by Gasteiger charge is 2.37. The van der Waals surface area contributed by atoms with Crippen molar-refractivity contribution in [3.63, 3.8) is 0 Å². The average Bonchev–Trinajstić information content (AvgIpc) is 2.52. The van der Waals surface area contributed by atoms with Gasteiger partial charge in [0, 0.05) is 23.7 Å². The number of Topliss-reactive ketones (excluding diaryl/α,β-unsaturated/α-hetero) is 1. The summed E-state index contributed by atoms with van der Waals surface area (Å²) in [5, 5.41) is 10.3. The minimum atomic E-state index is -0.0616. The monoisotopic (exact) mass is 226 g/mol. The van der Waals surface area contributed by atoms with Crippen molar-refractivity contribution in [1.29, 1.82) is 0 Å². The van der Waals surface area contributed by atoms with E-state index in [-0.39, 0.29) is 16.4 Å². The van der Waals surface area contributed by atoms with Crippen LogP contribution in [0.15, 0.2) is 11.3 Å². The van der Waals surface area contributed by atoms with Gasteiger partial charge in [-0.15, -0.1) is 0 Å². The lowest BCUT2D eigenvalue weighted by Gasteiger charge is -2.31. The van der Waals surface area contributed by atoms with Crippen molar-refractivity contribution in [2.24, 2.45) is 5.41 Å². The molecule has 0 bridgehead atoms. The summed E-state index contributed by atoms with van der Waals surface area (Å²) in [6.07, 6.45) is 3.47. The molecule has 15 heavy (non-hydrogen) atoms. The Labute approximate surface area is 95.1 Å². The third kappa shape index (κ3) is 2.22. The van der Waals surface area contributed by atoms with Crippen LogP contribution in [0.1, 0.15) is 39.5 Å². The van der Waals surface area contributed by atoms with Gasteiger partial charge >= 0.3 is 0 Å². The van der Waals surface area contributed by atoms with Crippen molar-refractivity contribution >= 4 is 17.5 Å². The number of allylic oxidation sites excluding steroid dienone is 1. The Morgan fingerprint density at radius 2 is 2.13 bits per heavy atom. The smallest absolute Gasteiger partial charge is 0.163 e. The second-order valence-electron chi connectivity index (χ2n) is 5.30. The van der Waals surface area contributed by atoms with E-state index in [4.69, 9.17) is 0 Å². The van der Waals surface area contributed by atoms with E-state index in [2.05, 4.69) is 0 Å². The zero-order chi connectivity index (χ0) is 11.1. The summed E-state index contributed by atoms with van der Waals surface area (Å²) < 4.78 is 0. The molecule has 3 heteroatoms. The van der Waals surface area contributed by atoms with E-state index in [0.29, 0.717) is 18.6 Å². The topological polar surface area (TPSA) is 37.3 Å². The molecule has 1 unspecified atom stereocenters. The molecule has 1 N–H and O–H groups in total. The fraction of sp³-hybridized carbons (Fsp3) is 0.750. The van der Waals surface area contributed by atoms with Gasteiger partial charge in [-0.1, -0.05) is 13.8 Å². The SMILES string of the molecule is CC1(C)CC(=O)C(C2CCCS2)=C(O)C1. The molecule has 2 nitrogen and oxygen atoms in total. The van der Waals surface area contributed by atoms with Gasteiger partial charge in [-0.25, -0.2) is 0 Å². The van der Waals surface area contributed by atoms with Gasteiger partial charge < -0.3 is 5.11 Å². The van der Waals surface area contributed by atoms with Crippen LogP contribution in [-0.2, 0) is 4.79 Å². The number of aliphatic hydroxyl groups is 1. The first kappa shape index (κ1) is 11.1. The van der Waals surface area contributed by atoms with Crippen molar-refractivity contribution in [2.45, 2.75) is 44.8 Å². The van der Waals surface area contributed by atoms with Gasteiger partial charge in [-0.2, -0.15) is 11.8 Å². The maximum absolute atomic E-state index is 12.0. The first-order valence-electron chi connectivity index (χ1n) is 5.56. The molecule has 0 aromatic carbocycles. The third-order valence-electron chi connectivity index (χ3n) is 3.15. The van der Waals surface area contributed by atoms with Crippen LogP contribution in [0.25, 0.3) is 0 Å². The third-order valence-corrected chi connectivity index (χ3v) is 4.55. The standard InChI is InChI=1S/C12H18O2S/c1-12(2)6-8(13)11(9(14)7-12)10-4-3-5-15-10/h10,13H,3-7H2,1-2H3. The van der Waals surface area contributed by atoms with E-state index in [1.807, 2.05) is 25.6 Å². The molecule has 0 aromatic rings. The fourth-order valence-electron chi connectivity index (χ4n) is 2.47. The van der Waals surface area contributed by atoms with Crippen molar-refractivity contribution in [2.75, 3.05) is 5.75 Å². The average molecular weight is 226 g/mol. The Balaban J connectivity index is 2.25. The molecular formula is C12H18O2S. The number of carbonyl (C=O) groups excluding carboxylic acids is 1. The number of hydrogen-bond donors (Lipinski definition) is 1. The molecule has 0 aromatic heterocycles. The summed E-state index contributed by atoms with van der Waals surface area (Å²) in [6, 6.07) is 0. The van der Waals surface area contributed by atoms with Gasteiger partial charge in [0.15, 0.2) is 5.78 Å². The summed E-state index contributed by atoms with van der Waals surface area (Å²) in [5.41, 5.74) is 0.672. The van der Waals surface area contributed by atoms with Gasteiger partial charge in [0.2, 0.25) is 0 Å². The zero-order valence-corrected chi connectivity index (χ0v) is 10.2.